The molecule has 25 heavy (non-hydrogen) atoms. The van der Waals surface area contributed by atoms with Gasteiger partial charge in [0.05, 0.1) is 0 Å². The van der Waals surface area contributed by atoms with E-state index in [0.717, 1.165) is 3.28 Å². The van der Waals surface area contributed by atoms with Crippen LogP contribution in [0, 0.1) is 0 Å². The van der Waals surface area contributed by atoms with Gasteiger partial charge in [-0.25, -0.2) is 0 Å². The summed E-state index contributed by atoms with van der Waals surface area (Å²) in [5.41, 5.74) is 0. The molecular weight excluding hydrogens is 467 g/mol. The van der Waals surface area contributed by atoms with E-state index in [4.69, 9.17) is 0 Å². The Morgan fingerprint density at radius 1 is 0.920 bits per heavy atom. The number of halogens is 3. The number of rotatable bonds is 8. The number of allylic oxidation sites excluding steroid dienone is 4. The molecule has 1 aliphatic rings. The molecule has 0 radical (unpaired) electrons. The average molecular weight is 501 g/mol. The molecule has 0 bridgehead atoms. The van der Waals surface area contributed by atoms with Gasteiger partial charge in [0.25, 0.3) is 0 Å². The topological polar surface area (TPSA) is 36.1 Å². The molecule has 0 saturated carbocycles. The molecule has 1 aliphatic carbocycles. The van der Waals surface area contributed by atoms with Crippen molar-refractivity contribution in [3.63, 3.8) is 0 Å². The van der Waals surface area contributed by atoms with Crippen LogP contribution in [-0.4, -0.2) is 36.4 Å². The zero-order chi connectivity index (χ0) is 19.6. The standard InChI is InChI=1S/C8H10F3Ge.3C3H8N.Zr/c1-12(2,8(9,10)11)7-5-3-4-6-7;3*1-3(2)4;/h3,5H,4H2,1-2H3;3*3-4H,1-2H3;/q;3*-1;+3. The Kier molecular flexibility index (Phi) is 8.24. The van der Waals surface area contributed by atoms with Crippen LogP contribution in [0.1, 0.15) is 48.0 Å². The molecular formula is C17H34F3GeN3Zr. The third-order valence-electron chi connectivity index (χ3n) is 4.28. The van der Waals surface area contributed by atoms with E-state index in [2.05, 4.69) is 51.3 Å². The second kappa shape index (κ2) is 8.72. The van der Waals surface area contributed by atoms with E-state index in [1.807, 2.05) is 6.08 Å². The van der Waals surface area contributed by atoms with Crippen molar-refractivity contribution in [3.05, 3.63) is 19.8 Å². The van der Waals surface area contributed by atoms with Crippen molar-refractivity contribution in [1.82, 2.24) is 9.78 Å². The van der Waals surface area contributed by atoms with Crippen LogP contribution >= 0.6 is 0 Å². The molecule has 1 rings (SSSR count). The molecule has 3 nitrogen and oxygen atoms in total. The van der Waals surface area contributed by atoms with Gasteiger partial charge in [-0.05, 0) is 0 Å². The van der Waals surface area contributed by atoms with Gasteiger partial charge in [0.15, 0.2) is 0 Å². The molecule has 0 unspecified atom stereocenters. The van der Waals surface area contributed by atoms with Crippen LogP contribution < -0.4 is 9.78 Å². The van der Waals surface area contributed by atoms with E-state index in [1.165, 1.54) is 11.5 Å². The maximum atomic E-state index is 13.8. The van der Waals surface area contributed by atoms with Crippen LogP contribution in [0.5, 0.6) is 0 Å². The van der Waals surface area contributed by atoms with Crippen molar-refractivity contribution in [2.75, 3.05) is 0 Å². The summed E-state index contributed by atoms with van der Waals surface area (Å²) >= 11 is -7.80. The summed E-state index contributed by atoms with van der Waals surface area (Å²) in [5.74, 6) is 2.95. The van der Waals surface area contributed by atoms with Crippen LogP contribution in [0.2, 0.25) is 11.5 Å². The molecule has 0 heterocycles. The first kappa shape index (κ1) is 23.6. The van der Waals surface area contributed by atoms with Gasteiger partial charge in [0.2, 0.25) is 0 Å². The Morgan fingerprint density at radius 2 is 1.32 bits per heavy atom. The number of hydrogen-bond donors (Lipinski definition) is 3. The van der Waals surface area contributed by atoms with Gasteiger partial charge >= 0.3 is 160 Å². The van der Waals surface area contributed by atoms with Gasteiger partial charge in [-0.2, -0.15) is 0 Å². The Hall–Kier alpha value is 0.576. The molecule has 0 aromatic carbocycles. The second-order valence-corrected chi connectivity index (χ2v) is 24.7. The third kappa shape index (κ3) is 5.77. The van der Waals surface area contributed by atoms with Crippen LogP contribution in [0.3, 0.4) is 0 Å². The SMILES string of the molecule is CC(C)[NH][Zr]([NH]C(C)C)([NH]C(C)C)[C]1=[C]([Ge]([CH3])([CH3])[C](F)(F)F)C=CC1. The van der Waals surface area contributed by atoms with E-state index < -0.39 is 39.4 Å². The molecule has 0 aliphatic heterocycles. The fourth-order valence-corrected chi connectivity index (χ4v) is 23.7. The Bertz CT molecular complexity index is 499. The summed E-state index contributed by atoms with van der Waals surface area (Å²) in [5, 5.41) is -4.10. The van der Waals surface area contributed by atoms with Gasteiger partial charge < -0.3 is 0 Å². The summed E-state index contributed by atoms with van der Waals surface area (Å²) in [7, 11) is 0. The minimum absolute atomic E-state index is 0.198. The fourth-order valence-electron chi connectivity index (χ4n) is 3.28. The van der Waals surface area contributed by atoms with Gasteiger partial charge in [-0.3, -0.25) is 0 Å². The van der Waals surface area contributed by atoms with E-state index in [9.17, 15) is 13.2 Å². The number of hydrogen-bond acceptors (Lipinski definition) is 3. The zero-order valence-electron chi connectivity index (χ0n) is 16.7. The quantitative estimate of drug-likeness (QED) is 0.431. The van der Waals surface area contributed by atoms with Crippen LogP contribution in [-0.2, 0) is 21.1 Å². The molecule has 8 heteroatoms. The molecule has 0 aromatic rings. The molecule has 0 spiro atoms. The molecule has 0 atom stereocenters. The molecule has 0 aromatic heterocycles. The van der Waals surface area contributed by atoms with Crippen molar-refractivity contribution in [2.24, 2.45) is 0 Å². The van der Waals surface area contributed by atoms with Crippen molar-refractivity contribution >= 4 is 13.3 Å². The summed E-state index contributed by atoms with van der Waals surface area (Å²) in [6.45, 7) is 12.4. The molecule has 3 N–H and O–H groups in total. The Labute approximate surface area is 159 Å². The van der Waals surface area contributed by atoms with E-state index >= 15 is 0 Å². The normalized spacial score (nSPS) is 16.9. The average Bonchev–Trinajstić information content (AvgIpc) is 2.84. The van der Waals surface area contributed by atoms with E-state index in [1.54, 1.807) is 6.08 Å². The van der Waals surface area contributed by atoms with Gasteiger partial charge in [0.1, 0.15) is 0 Å². The summed E-state index contributed by atoms with van der Waals surface area (Å²) in [6, 6.07) is 0.595. The summed E-state index contributed by atoms with van der Waals surface area (Å²) in [6.07, 6.45) is 4.30. The molecule has 0 amide bonds. The predicted octanol–water partition coefficient (Wildman–Crippen LogP) is 4.44. The third-order valence-corrected chi connectivity index (χ3v) is 23.2. The number of nitrogens with one attached hydrogen (secondary N) is 3. The van der Waals surface area contributed by atoms with Crippen molar-refractivity contribution in [1.29, 1.82) is 0 Å². The maximum absolute atomic E-state index is 13.8. The van der Waals surface area contributed by atoms with Crippen molar-refractivity contribution < 1.29 is 34.3 Å². The fraction of sp³-hybridized carbons (Fsp3) is 0.765. The van der Waals surface area contributed by atoms with Crippen LogP contribution in [0.15, 0.2) is 19.8 Å². The minimum atomic E-state index is -4.17. The molecule has 0 fully saturated rings. The Balaban J connectivity index is 3.57. The zero-order valence-corrected chi connectivity index (χ0v) is 21.3. The van der Waals surface area contributed by atoms with Gasteiger partial charge in [0, 0.05) is 0 Å². The summed E-state index contributed by atoms with van der Waals surface area (Å²) in [4.78, 5) is 0. The Morgan fingerprint density at radius 3 is 1.64 bits per heavy atom. The molecule has 0 saturated heterocycles. The van der Waals surface area contributed by atoms with Gasteiger partial charge in [-0.1, -0.05) is 0 Å². The first-order valence-electron chi connectivity index (χ1n) is 9.03. The number of alkyl halides is 3. The van der Waals surface area contributed by atoms with Crippen molar-refractivity contribution in [2.45, 2.75) is 82.6 Å². The first-order valence-corrected chi connectivity index (χ1v) is 20.2. The van der Waals surface area contributed by atoms with E-state index in [0.29, 0.717) is 10.8 Å². The summed E-state index contributed by atoms with van der Waals surface area (Å²) < 4.78 is 54.2. The van der Waals surface area contributed by atoms with Crippen molar-refractivity contribution in [3.8, 4) is 0 Å². The monoisotopic (exact) mass is 501 g/mol. The van der Waals surface area contributed by atoms with Gasteiger partial charge in [-0.15, -0.1) is 0 Å². The predicted molar refractivity (Wildman–Crippen MR) is 99.1 cm³/mol. The van der Waals surface area contributed by atoms with Crippen LogP contribution in [0.4, 0.5) is 13.2 Å². The first-order chi connectivity index (χ1) is 11.2. The van der Waals surface area contributed by atoms with Crippen LogP contribution in [0.25, 0.3) is 0 Å². The second-order valence-electron chi connectivity index (χ2n) is 8.27. The molecule has 146 valence electrons. The van der Waals surface area contributed by atoms with E-state index in [-0.39, 0.29) is 18.1 Å².